The van der Waals surface area contributed by atoms with E-state index in [1.807, 2.05) is 42.6 Å². The Morgan fingerprint density at radius 1 is 1.12 bits per heavy atom. The topological polar surface area (TPSA) is 70.2 Å². The van der Waals surface area contributed by atoms with Crippen LogP contribution < -0.4 is 5.32 Å². The number of aromatic amines is 1. The van der Waals surface area contributed by atoms with E-state index in [-0.39, 0.29) is 11.6 Å². The van der Waals surface area contributed by atoms with E-state index in [1.54, 1.807) is 12.1 Å². The molecule has 0 aliphatic carbocycles. The minimum absolute atomic E-state index is 0.0164. The summed E-state index contributed by atoms with van der Waals surface area (Å²) in [5.74, 6) is -1.02. The molecule has 1 amide bonds. The van der Waals surface area contributed by atoms with Crippen LogP contribution in [-0.4, -0.2) is 47.1 Å². The number of benzene rings is 2. The SMILES string of the molecule is Cc1[nH]c2ccc(NC(=O)c3ccccc3F)cc2c1C(c1ccccn1)N1CCOCC1. The molecule has 1 saturated heterocycles. The first-order chi connectivity index (χ1) is 16.1. The monoisotopic (exact) mass is 444 g/mol. The first-order valence-electron chi connectivity index (χ1n) is 11.0. The van der Waals surface area contributed by atoms with E-state index >= 15 is 0 Å². The molecule has 1 aliphatic heterocycles. The fourth-order valence-corrected chi connectivity index (χ4v) is 4.51. The number of hydrogen-bond donors (Lipinski definition) is 2. The Kier molecular flexibility index (Phi) is 5.90. The van der Waals surface area contributed by atoms with Gasteiger partial charge in [0.25, 0.3) is 5.91 Å². The number of H-pyrrole nitrogens is 1. The van der Waals surface area contributed by atoms with Gasteiger partial charge >= 0.3 is 0 Å². The molecule has 2 aromatic heterocycles. The van der Waals surface area contributed by atoms with Crippen molar-refractivity contribution >= 4 is 22.5 Å². The second kappa shape index (κ2) is 9.13. The van der Waals surface area contributed by atoms with Crippen LogP contribution in [0, 0.1) is 12.7 Å². The molecule has 5 rings (SSSR count). The summed E-state index contributed by atoms with van der Waals surface area (Å²) in [5.41, 5.74) is 4.72. The minimum Gasteiger partial charge on any atom is -0.379 e. The standard InChI is InChI=1S/C26H25FN4O2/c1-17-24(25(23-8-4-5-11-28-23)31-12-14-33-15-13-31)20-16-18(9-10-22(20)29-17)30-26(32)19-6-2-3-7-21(19)27/h2-11,16,25,29H,12-15H2,1H3,(H,30,32). The Morgan fingerprint density at radius 2 is 1.91 bits per heavy atom. The summed E-state index contributed by atoms with van der Waals surface area (Å²) in [4.78, 5) is 23.2. The highest BCUT2D eigenvalue weighted by Gasteiger charge is 2.29. The van der Waals surface area contributed by atoms with Gasteiger partial charge in [0.2, 0.25) is 0 Å². The Morgan fingerprint density at radius 3 is 2.67 bits per heavy atom. The first-order valence-corrected chi connectivity index (χ1v) is 11.0. The van der Waals surface area contributed by atoms with Crippen molar-refractivity contribution in [1.29, 1.82) is 0 Å². The van der Waals surface area contributed by atoms with Crippen LogP contribution >= 0.6 is 0 Å². The van der Waals surface area contributed by atoms with Crippen molar-refractivity contribution in [1.82, 2.24) is 14.9 Å². The Labute approximate surface area is 191 Å². The van der Waals surface area contributed by atoms with Gasteiger partial charge in [-0.2, -0.15) is 0 Å². The van der Waals surface area contributed by atoms with E-state index < -0.39 is 11.7 Å². The van der Waals surface area contributed by atoms with E-state index in [0.29, 0.717) is 18.9 Å². The lowest BCUT2D eigenvalue weighted by Gasteiger charge is -2.34. The molecule has 6 nitrogen and oxygen atoms in total. The number of carbonyl (C=O) groups excluding carboxylic acids is 1. The summed E-state index contributed by atoms with van der Waals surface area (Å²) in [6, 6.07) is 17.6. The molecule has 2 N–H and O–H groups in total. The molecule has 1 aliphatic rings. The number of carbonyl (C=O) groups is 1. The number of ether oxygens (including phenoxy) is 1. The number of halogens is 1. The highest BCUT2D eigenvalue weighted by molar-refractivity contribution is 6.05. The fourth-order valence-electron chi connectivity index (χ4n) is 4.51. The molecule has 7 heteroatoms. The average Bonchev–Trinajstić information content (AvgIpc) is 3.16. The quantitative estimate of drug-likeness (QED) is 0.469. The minimum atomic E-state index is -0.545. The first kappa shape index (κ1) is 21.3. The maximum atomic E-state index is 14.1. The second-order valence-electron chi connectivity index (χ2n) is 8.16. The smallest absolute Gasteiger partial charge is 0.258 e. The summed E-state index contributed by atoms with van der Waals surface area (Å²) in [7, 11) is 0. The zero-order chi connectivity index (χ0) is 22.8. The van der Waals surface area contributed by atoms with Crippen molar-refractivity contribution in [3.05, 3.63) is 95.2 Å². The third kappa shape index (κ3) is 4.25. The molecule has 0 saturated carbocycles. The van der Waals surface area contributed by atoms with E-state index in [2.05, 4.69) is 27.1 Å². The molecule has 1 atom stereocenters. The van der Waals surface area contributed by atoms with Gasteiger partial charge in [0.15, 0.2) is 0 Å². The highest BCUT2D eigenvalue weighted by atomic mass is 19.1. The van der Waals surface area contributed by atoms with Crippen molar-refractivity contribution < 1.29 is 13.9 Å². The van der Waals surface area contributed by atoms with Crippen molar-refractivity contribution in [3.8, 4) is 0 Å². The Balaban J connectivity index is 1.56. The summed E-state index contributed by atoms with van der Waals surface area (Å²) in [6.07, 6.45) is 1.81. The molecular formula is C26H25FN4O2. The number of nitrogens with zero attached hydrogens (tertiary/aromatic N) is 2. The van der Waals surface area contributed by atoms with Gasteiger partial charge in [0.05, 0.1) is 30.5 Å². The van der Waals surface area contributed by atoms with Crippen LogP contribution in [0.2, 0.25) is 0 Å². The van der Waals surface area contributed by atoms with Crippen LogP contribution in [0.15, 0.2) is 66.9 Å². The number of fused-ring (bicyclic) bond motifs is 1. The van der Waals surface area contributed by atoms with Gasteiger partial charge < -0.3 is 15.0 Å². The number of hydrogen-bond acceptors (Lipinski definition) is 4. The van der Waals surface area contributed by atoms with Crippen LogP contribution in [0.25, 0.3) is 10.9 Å². The second-order valence-corrected chi connectivity index (χ2v) is 8.16. The normalized spacial score (nSPS) is 15.5. The summed E-state index contributed by atoms with van der Waals surface area (Å²) in [6.45, 7) is 5.01. The zero-order valence-electron chi connectivity index (χ0n) is 18.3. The largest absolute Gasteiger partial charge is 0.379 e. The van der Waals surface area contributed by atoms with Crippen molar-refractivity contribution in [2.75, 3.05) is 31.6 Å². The molecule has 4 aromatic rings. The van der Waals surface area contributed by atoms with Gasteiger partial charge in [-0.3, -0.25) is 14.7 Å². The zero-order valence-corrected chi connectivity index (χ0v) is 18.3. The molecular weight excluding hydrogens is 419 g/mol. The van der Waals surface area contributed by atoms with Crippen molar-refractivity contribution in [2.24, 2.45) is 0 Å². The van der Waals surface area contributed by atoms with Gasteiger partial charge in [-0.25, -0.2) is 4.39 Å². The third-order valence-electron chi connectivity index (χ3n) is 6.06. The lowest BCUT2D eigenvalue weighted by molar-refractivity contribution is 0.0234. The lowest BCUT2D eigenvalue weighted by Crippen LogP contribution is -2.40. The van der Waals surface area contributed by atoms with Crippen LogP contribution in [0.4, 0.5) is 10.1 Å². The molecule has 33 heavy (non-hydrogen) atoms. The van der Waals surface area contributed by atoms with E-state index in [9.17, 15) is 9.18 Å². The van der Waals surface area contributed by atoms with Crippen LogP contribution in [-0.2, 0) is 4.74 Å². The molecule has 1 unspecified atom stereocenters. The summed E-state index contributed by atoms with van der Waals surface area (Å²) < 4.78 is 19.7. The van der Waals surface area contributed by atoms with Crippen molar-refractivity contribution in [3.63, 3.8) is 0 Å². The van der Waals surface area contributed by atoms with Gasteiger partial charge in [-0.05, 0) is 49.4 Å². The number of pyridine rings is 1. The van der Waals surface area contributed by atoms with Crippen molar-refractivity contribution in [2.45, 2.75) is 13.0 Å². The number of amides is 1. The van der Waals surface area contributed by atoms with E-state index in [0.717, 1.165) is 40.9 Å². The number of rotatable bonds is 5. The Bertz CT molecular complexity index is 1280. The Hall–Kier alpha value is -3.55. The van der Waals surface area contributed by atoms with E-state index in [4.69, 9.17) is 4.74 Å². The van der Waals surface area contributed by atoms with E-state index in [1.165, 1.54) is 12.1 Å². The number of morpholine rings is 1. The average molecular weight is 445 g/mol. The summed E-state index contributed by atoms with van der Waals surface area (Å²) in [5, 5.41) is 3.84. The van der Waals surface area contributed by atoms with Gasteiger partial charge in [-0.15, -0.1) is 0 Å². The molecule has 0 radical (unpaired) electrons. The fraction of sp³-hybridized carbons (Fsp3) is 0.231. The number of aryl methyl sites for hydroxylation is 1. The molecule has 3 heterocycles. The summed E-state index contributed by atoms with van der Waals surface area (Å²) >= 11 is 0. The van der Waals surface area contributed by atoms with Crippen LogP contribution in [0.5, 0.6) is 0 Å². The maximum absolute atomic E-state index is 14.1. The molecule has 0 bridgehead atoms. The maximum Gasteiger partial charge on any atom is 0.258 e. The van der Waals surface area contributed by atoms with Crippen LogP contribution in [0.1, 0.15) is 33.4 Å². The highest BCUT2D eigenvalue weighted by Crippen LogP contribution is 2.37. The van der Waals surface area contributed by atoms with Gasteiger partial charge in [0, 0.05) is 47.1 Å². The lowest BCUT2D eigenvalue weighted by atomic mass is 9.97. The molecule has 168 valence electrons. The number of nitrogens with one attached hydrogen (secondary N) is 2. The number of aromatic nitrogens is 2. The third-order valence-corrected chi connectivity index (χ3v) is 6.06. The molecule has 2 aromatic carbocycles. The number of anilines is 1. The van der Waals surface area contributed by atoms with Gasteiger partial charge in [-0.1, -0.05) is 18.2 Å². The molecule has 0 spiro atoms. The van der Waals surface area contributed by atoms with Gasteiger partial charge in [0.1, 0.15) is 5.82 Å². The predicted octanol–water partition coefficient (Wildman–Crippen LogP) is 4.68. The molecule has 1 fully saturated rings. The predicted molar refractivity (Wildman–Crippen MR) is 126 cm³/mol. The van der Waals surface area contributed by atoms with Crippen LogP contribution in [0.3, 0.4) is 0 Å².